The van der Waals surface area contributed by atoms with E-state index in [4.69, 9.17) is 11.6 Å². The van der Waals surface area contributed by atoms with Crippen molar-refractivity contribution in [1.82, 2.24) is 19.7 Å². The van der Waals surface area contributed by atoms with E-state index >= 15 is 0 Å². The molecule has 1 unspecified atom stereocenters. The van der Waals surface area contributed by atoms with Crippen molar-refractivity contribution in [2.45, 2.75) is 39.8 Å². The smallest absolute Gasteiger partial charge is 0.141 e. The molecule has 1 saturated heterocycles. The molecule has 1 aromatic rings. The van der Waals surface area contributed by atoms with E-state index < -0.39 is 0 Å². The molecule has 0 spiro atoms. The van der Waals surface area contributed by atoms with Gasteiger partial charge in [-0.05, 0) is 31.2 Å². The first kappa shape index (κ1) is 13.8. The fraction of sp³-hybridized carbons (Fsp3) is 0.846. The van der Waals surface area contributed by atoms with Gasteiger partial charge in [0.05, 0.1) is 6.54 Å². The molecule has 0 aliphatic carbocycles. The second-order valence-electron chi connectivity index (χ2n) is 5.62. The highest BCUT2D eigenvalue weighted by molar-refractivity contribution is 6.17. The molecule has 0 radical (unpaired) electrons. The zero-order valence-electron chi connectivity index (χ0n) is 11.3. The largest absolute Gasteiger partial charge is 0.296 e. The zero-order chi connectivity index (χ0) is 13.0. The molecule has 0 amide bonds. The van der Waals surface area contributed by atoms with Crippen LogP contribution in [0, 0.1) is 11.8 Å². The maximum Gasteiger partial charge on any atom is 0.141 e. The Morgan fingerprint density at radius 3 is 3.06 bits per heavy atom. The maximum atomic E-state index is 5.81. The average Bonchev–Trinajstić information content (AvgIpc) is 2.90. The van der Waals surface area contributed by atoms with E-state index in [9.17, 15) is 0 Å². The molecule has 1 aliphatic rings. The SMILES string of the molecule is CC(C)Cn1ncnc1CN1CCC(CCCl)C1. The van der Waals surface area contributed by atoms with E-state index in [-0.39, 0.29) is 0 Å². The Hall–Kier alpha value is -0.610. The highest BCUT2D eigenvalue weighted by Gasteiger charge is 2.23. The van der Waals surface area contributed by atoms with Gasteiger partial charge in [0.2, 0.25) is 0 Å². The lowest BCUT2D eigenvalue weighted by Crippen LogP contribution is -2.23. The van der Waals surface area contributed by atoms with Gasteiger partial charge in [0, 0.05) is 19.0 Å². The Morgan fingerprint density at radius 2 is 2.33 bits per heavy atom. The molecule has 2 heterocycles. The summed E-state index contributed by atoms with van der Waals surface area (Å²) in [5, 5.41) is 4.31. The normalized spacial score (nSPS) is 21.0. The van der Waals surface area contributed by atoms with E-state index in [0.717, 1.165) is 50.2 Å². The molecule has 1 aromatic heterocycles. The molecular weight excluding hydrogens is 248 g/mol. The van der Waals surface area contributed by atoms with Gasteiger partial charge in [-0.3, -0.25) is 4.90 Å². The molecule has 0 N–H and O–H groups in total. The number of hydrogen-bond acceptors (Lipinski definition) is 3. The summed E-state index contributed by atoms with van der Waals surface area (Å²) in [5.74, 6) is 3.24. The van der Waals surface area contributed by atoms with Gasteiger partial charge in [0.1, 0.15) is 12.2 Å². The summed E-state index contributed by atoms with van der Waals surface area (Å²) >= 11 is 5.81. The Bertz CT molecular complexity index is 364. The van der Waals surface area contributed by atoms with E-state index in [1.165, 1.54) is 6.42 Å². The number of halogens is 1. The number of aromatic nitrogens is 3. The van der Waals surface area contributed by atoms with Gasteiger partial charge >= 0.3 is 0 Å². The van der Waals surface area contributed by atoms with Crippen LogP contribution in [0.1, 0.15) is 32.5 Å². The highest BCUT2D eigenvalue weighted by Crippen LogP contribution is 2.21. The third-order valence-electron chi connectivity index (χ3n) is 3.49. The zero-order valence-corrected chi connectivity index (χ0v) is 12.1. The standard InChI is InChI=1S/C13H23ClN4/c1-11(2)7-18-13(15-10-16-18)9-17-6-4-12(8-17)3-5-14/h10-12H,3-9H2,1-2H3. The van der Waals surface area contributed by atoms with Gasteiger partial charge in [0.15, 0.2) is 0 Å². The first-order chi connectivity index (χ1) is 8.69. The minimum absolute atomic E-state index is 0.605. The lowest BCUT2D eigenvalue weighted by atomic mass is 10.1. The van der Waals surface area contributed by atoms with Crippen molar-refractivity contribution in [2.75, 3.05) is 19.0 Å². The van der Waals surface area contributed by atoms with Crippen molar-refractivity contribution in [3.63, 3.8) is 0 Å². The van der Waals surface area contributed by atoms with Crippen molar-refractivity contribution in [2.24, 2.45) is 11.8 Å². The number of rotatable bonds is 6. The molecule has 0 aromatic carbocycles. The van der Waals surface area contributed by atoms with Crippen molar-refractivity contribution in [3.8, 4) is 0 Å². The Balaban J connectivity index is 1.88. The van der Waals surface area contributed by atoms with Crippen LogP contribution in [-0.2, 0) is 13.1 Å². The monoisotopic (exact) mass is 270 g/mol. The van der Waals surface area contributed by atoms with Crippen LogP contribution in [0.15, 0.2) is 6.33 Å². The highest BCUT2D eigenvalue weighted by atomic mass is 35.5. The third kappa shape index (κ3) is 3.69. The van der Waals surface area contributed by atoms with Gasteiger partial charge in [-0.2, -0.15) is 5.10 Å². The molecular formula is C13H23ClN4. The number of hydrogen-bond donors (Lipinski definition) is 0. The number of nitrogens with zero attached hydrogens (tertiary/aromatic N) is 4. The summed E-state index contributed by atoms with van der Waals surface area (Å²) in [6.07, 6.45) is 4.08. The summed E-state index contributed by atoms with van der Waals surface area (Å²) in [5.41, 5.74) is 0. The minimum atomic E-state index is 0.605. The molecule has 5 heteroatoms. The minimum Gasteiger partial charge on any atom is -0.296 e. The second-order valence-corrected chi connectivity index (χ2v) is 6.00. The molecule has 18 heavy (non-hydrogen) atoms. The van der Waals surface area contributed by atoms with Crippen LogP contribution in [0.4, 0.5) is 0 Å². The summed E-state index contributed by atoms with van der Waals surface area (Å²) in [6.45, 7) is 8.60. The Morgan fingerprint density at radius 1 is 1.50 bits per heavy atom. The average molecular weight is 271 g/mol. The fourth-order valence-electron chi connectivity index (χ4n) is 2.56. The van der Waals surface area contributed by atoms with Gasteiger partial charge in [-0.25, -0.2) is 9.67 Å². The van der Waals surface area contributed by atoms with Gasteiger partial charge in [0.25, 0.3) is 0 Å². The molecule has 2 rings (SSSR count). The van der Waals surface area contributed by atoms with E-state index in [0.29, 0.717) is 5.92 Å². The quantitative estimate of drug-likeness (QED) is 0.745. The van der Waals surface area contributed by atoms with Crippen LogP contribution in [0.5, 0.6) is 0 Å². The lowest BCUT2D eigenvalue weighted by molar-refractivity contribution is 0.296. The Kier molecular flexibility index (Phi) is 5.01. The topological polar surface area (TPSA) is 34.0 Å². The van der Waals surface area contributed by atoms with E-state index in [1.807, 2.05) is 4.68 Å². The van der Waals surface area contributed by atoms with Crippen LogP contribution in [-0.4, -0.2) is 38.6 Å². The van der Waals surface area contributed by atoms with Crippen molar-refractivity contribution in [3.05, 3.63) is 12.2 Å². The van der Waals surface area contributed by atoms with Crippen molar-refractivity contribution >= 4 is 11.6 Å². The summed E-state index contributed by atoms with van der Waals surface area (Å²) in [6, 6.07) is 0. The molecule has 0 bridgehead atoms. The predicted octanol–water partition coefficient (Wildman–Crippen LogP) is 2.38. The fourth-order valence-corrected chi connectivity index (χ4v) is 2.86. The molecule has 4 nitrogen and oxygen atoms in total. The van der Waals surface area contributed by atoms with Gasteiger partial charge in [-0.1, -0.05) is 13.8 Å². The molecule has 1 aliphatic heterocycles. The molecule has 1 atom stereocenters. The second kappa shape index (κ2) is 6.53. The van der Waals surface area contributed by atoms with E-state index in [2.05, 4.69) is 28.8 Å². The van der Waals surface area contributed by atoms with Crippen LogP contribution in [0.25, 0.3) is 0 Å². The molecule has 102 valence electrons. The number of alkyl halides is 1. The van der Waals surface area contributed by atoms with Crippen molar-refractivity contribution < 1.29 is 0 Å². The Labute approximate surface area is 114 Å². The van der Waals surface area contributed by atoms with Gasteiger partial charge < -0.3 is 0 Å². The summed E-state index contributed by atoms with van der Waals surface area (Å²) in [4.78, 5) is 6.86. The number of likely N-dealkylation sites (tertiary alicyclic amines) is 1. The summed E-state index contributed by atoms with van der Waals surface area (Å²) in [7, 11) is 0. The lowest BCUT2D eigenvalue weighted by Gasteiger charge is -2.16. The van der Waals surface area contributed by atoms with Crippen LogP contribution in [0.2, 0.25) is 0 Å². The molecule has 0 saturated carbocycles. The van der Waals surface area contributed by atoms with Crippen LogP contribution in [0.3, 0.4) is 0 Å². The van der Waals surface area contributed by atoms with Gasteiger partial charge in [-0.15, -0.1) is 11.6 Å². The van der Waals surface area contributed by atoms with Crippen LogP contribution >= 0.6 is 11.6 Å². The molecule has 1 fully saturated rings. The predicted molar refractivity (Wildman–Crippen MR) is 73.6 cm³/mol. The first-order valence-corrected chi connectivity index (χ1v) is 7.37. The third-order valence-corrected chi connectivity index (χ3v) is 3.70. The maximum absolute atomic E-state index is 5.81. The van der Waals surface area contributed by atoms with Crippen LogP contribution < -0.4 is 0 Å². The van der Waals surface area contributed by atoms with Crippen molar-refractivity contribution in [1.29, 1.82) is 0 Å². The summed E-state index contributed by atoms with van der Waals surface area (Å²) < 4.78 is 2.04. The van der Waals surface area contributed by atoms with E-state index in [1.54, 1.807) is 6.33 Å². The first-order valence-electron chi connectivity index (χ1n) is 6.84.